The molecule has 2 aliphatic carbocycles. The monoisotopic (exact) mass is 280 g/mol. The summed E-state index contributed by atoms with van der Waals surface area (Å²) in [6.07, 6.45) is 8.37. The molecule has 3 heteroatoms. The van der Waals surface area contributed by atoms with Crippen LogP contribution in [0.25, 0.3) is 0 Å². The molecule has 2 aliphatic heterocycles. The van der Waals surface area contributed by atoms with Crippen LogP contribution in [-0.4, -0.2) is 29.5 Å². The van der Waals surface area contributed by atoms with Gasteiger partial charge in [0.1, 0.15) is 5.78 Å². The van der Waals surface area contributed by atoms with E-state index in [1.165, 1.54) is 43.6 Å². The Bertz CT molecular complexity index is 359. The van der Waals surface area contributed by atoms with Crippen molar-refractivity contribution in [3.8, 4) is 0 Å². The summed E-state index contributed by atoms with van der Waals surface area (Å²) in [6, 6.07) is 0. The van der Waals surface area contributed by atoms with Crippen molar-refractivity contribution < 1.29 is 9.53 Å². The molecule has 0 radical (unpaired) electrons. The van der Waals surface area contributed by atoms with E-state index in [1.807, 2.05) is 11.8 Å². The lowest BCUT2D eigenvalue weighted by molar-refractivity contribution is -0.140. The first-order chi connectivity index (χ1) is 9.29. The molecule has 4 aliphatic rings. The van der Waals surface area contributed by atoms with E-state index in [4.69, 9.17) is 4.74 Å². The average molecular weight is 280 g/mol. The van der Waals surface area contributed by atoms with Crippen LogP contribution in [0, 0.1) is 23.7 Å². The lowest BCUT2D eigenvalue weighted by Gasteiger charge is -2.43. The van der Waals surface area contributed by atoms with Crippen molar-refractivity contribution in [2.45, 2.75) is 50.5 Å². The molecule has 0 N–H and O–H groups in total. The maximum Gasteiger partial charge on any atom is 0.139 e. The highest BCUT2D eigenvalue weighted by molar-refractivity contribution is 7.99. The molecule has 0 aromatic heterocycles. The SMILES string of the molecule is O=C(C1CCOC2(CCSCC2)C1)C1C2CCCC21. The normalized spacial score (nSPS) is 44.0. The Morgan fingerprint density at radius 2 is 1.84 bits per heavy atom. The molecule has 3 unspecified atom stereocenters. The molecule has 0 aromatic rings. The van der Waals surface area contributed by atoms with E-state index in [2.05, 4.69) is 0 Å². The molecule has 2 nitrogen and oxygen atoms in total. The number of ketones is 1. The number of carbonyl (C=O) groups excluding carboxylic acids is 1. The van der Waals surface area contributed by atoms with Gasteiger partial charge in [0, 0.05) is 18.4 Å². The lowest BCUT2D eigenvalue weighted by Crippen LogP contribution is -2.45. The zero-order valence-corrected chi connectivity index (χ0v) is 12.4. The van der Waals surface area contributed by atoms with Crippen LogP contribution in [0.1, 0.15) is 44.9 Å². The van der Waals surface area contributed by atoms with E-state index in [1.54, 1.807) is 0 Å². The van der Waals surface area contributed by atoms with Crippen LogP contribution in [-0.2, 0) is 9.53 Å². The van der Waals surface area contributed by atoms with Gasteiger partial charge in [-0.15, -0.1) is 0 Å². The van der Waals surface area contributed by atoms with Crippen molar-refractivity contribution in [1.29, 1.82) is 0 Å². The summed E-state index contributed by atoms with van der Waals surface area (Å²) in [7, 11) is 0. The summed E-state index contributed by atoms with van der Waals surface area (Å²) < 4.78 is 6.12. The molecular weight excluding hydrogens is 256 g/mol. The molecule has 0 aromatic carbocycles. The van der Waals surface area contributed by atoms with E-state index in [0.29, 0.717) is 17.6 Å². The highest BCUT2D eigenvalue weighted by Crippen LogP contribution is 2.59. The van der Waals surface area contributed by atoms with E-state index < -0.39 is 0 Å². The number of fused-ring (bicyclic) bond motifs is 1. The highest BCUT2D eigenvalue weighted by atomic mass is 32.2. The third-order valence-corrected chi connectivity index (χ3v) is 7.02. The fourth-order valence-corrected chi connectivity index (χ4v) is 6.11. The second-order valence-corrected chi connectivity index (χ2v) is 8.25. The van der Waals surface area contributed by atoms with Gasteiger partial charge in [-0.05, 0) is 61.9 Å². The third kappa shape index (κ3) is 2.17. The van der Waals surface area contributed by atoms with Gasteiger partial charge in [0.15, 0.2) is 0 Å². The van der Waals surface area contributed by atoms with Crippen LogP contribution in [0.15, 0.2) is 0 Å². The first-order valence-corrected chi connectivity index (χ1v) is 9.20. The molecule has 19 heavy (non-hydrogen) atoms. The first-order valence-electron chi connectivity index (χ1n) is 8.05. The van der Waals surface area contributed by atoms with Gasteiger partial charge in [-0.2, -0.15) is 11.8 Å². The van der Waals surface area contributed by atoms with Gasteiger partial charge in [-0.25, -0.2) is 0 Å². The Balaban J connectivity index is 1.42. The standard InChI is InChI=1S/C16H24O2S/c17-15(14-12-2-1-3-13(12)14)11-4-7-18-16(10-11)5-8-19-9-6-16/h11-14H,1-10H2. The summed E-state index contributed by atoms with van der Waals surface area (Å²) in [5.74, 6) is 5.42. The average Bonchev–Trinajstić information content (AvgIpc) is 2.91. The number of hydrogen-bond acceptors (Lipinski definition) is 3. The van der Waals surface area contributed by atoms with E-state index in [-0.39, 0.29) is 5.60 Å². The van der Waals surface area contributed by atoms with Crippen molar-refractivity contribution in [1.82, 2.24) is 0 Å². The van der Waals surface area contributed by atoms with Crippen molar-refractivity contribution in [2.75, 3.05) is 18.1 Å². The van der Waals surface area contributed by atoms with E-state index in [0.717, 1.165) is 31.3 Å². The number of rotatable bonds is 2. The summed E-state index contributed by atoms with van der Waals surface area (Å²) in [5, 5.41) is 0. The number of thioether (sulfide) groups is 1. The Labute approximate surface area is 120 Å². The minimum Gasteiger partial charge on any atom is -0.375 e. The molecule has 2 saturated heterocycles. The number of ether oxygens (including phenoxy) is 1. The molecule has 4 fully saturated rings. The number of hydrogen-bond donors (Lipinski definition) is 0. The molecule has 1 spiro atoms. The van der Waals surface area contributed by atoms with Crippen LogP contribution < -0.4 is 0 Å². The fourth-order valence-electron chi connectivity index (χ4n) is 4.88. The third-order valence-electron chi connectivity index (χ3n) is 6.03. The zero-order valence-electron chi connectivity index (χ0n) is 11.6. The van der Waals surface area contributed by atoms with Gasteiger partial charge in [0.25, 0.3) is 0 Å². The number of Topliss-reactive ketones (excluding diaryl/α,β-unsaturated/α-hetero) is 1. The van der Waals surface area contributed by atoms with Crippen LogP contribution in [0.3, 0.4) is 0 Å². The topological polar surface area (TPSA) is 26.3 Å². The molecular formula is C16H24O2S. The first kappa shape index (κ1) is 12.7. The molecule has 2 saturated carbocycles. The Morgan fingerprint density at radius 1 is 1.11 bits per heavy atom. The fraction of sp³-hybridized carbons (Fsp3) is 0.938. The number of carbonyl (C=O) groups is 1. The second kappa shape index (κ2) is 4.77. The summed E-state index contributed by atoms with van der Waals surface area (Å²) >= 11 is 2.04. The molecule has 0 amide bonds. The maximum atomic E-state index is 12.7. The van der Waals surface area contributed by atoms with Crippen LogP contribution >= 0.6 is 11.8 Å². The van der Waals surface area contributed by atoms with Gasteiger partial charge in [0.2, 0.25) is 0 Å². The summed E-state index contributed by atoms with van der Waals surface area (Å²) in [4.78, 5) is 12.7. The second-order valence-electron chi connectivity index (χ2n) is 7.02. The van der Waals surface area contributed by atoms with Crippen LogP contribution in [0.2, 0.25) is 0 Å². The predicted octanol–water partition coefficient (Wildman–Crippen LogP) is 3.29. The lowest BCUT2D eigenvalue weighted by atomic mass is 9.78. The Morgan fingerprint density at radius 3 is 2.58 bits per heavy atom. The molecule has 0 bridgehead atoms. The van der Waals surface area contributed by atoms with Gasteiger partial charge >= 0.3 is 0 Å². The zero-order chi connectivity index (χ0) is 12.9. The van der Waals surface area contributed by atoms with Crippen molar-refractivity contribution in [3.63, 3.8) is 0 Å². The summed E-state index contributed by atoms with van der Waals surface area (Å²) in [6.45, 7) is 0.823. The molecule has 106 valence electrons. The van der Waals surface area contributed by atoms with Crippen LogP contribution in [0.4, 0.5) is 0 Å². The Kier molecular flexibility index (Phi) is 3.19. The van der Waals surface area contributed by atoms with Crippen molar-refractivity contribution in [2.24, 2.45) is 23.7 Å². The van der Waals surface area contributed by atoms with Crippen molar-refractivity contribution >= 4 is 17.5 Å². The minimum atomic E-state index is 0.0772. The molecule has 3 atom stereocenters. The Hall–Kier alpha value is -0.0200. The van der Waals surface area contributed by atoms with Gasteiger partial charge < -0.3 is 4.74 Å². The smallest absolute Gasteiger partial charge is 0.139 e. The highest BCUT2D eigenvalue weighted by Gasteiger charge is 2.58. The largest absolute Gasteiger partial charge is 0.375 e. The van der Waals surface area contributed by atoms with Gasteiger partial charge in [-0.3, -0.25) is 4.79 Å². The van der Waals surface area contributed by atoms with Crippen LogP contribution in [0.5, 0.6) is 0 Å². The van der Waals surface area contributed by atoms with E-state index >= 15 is 0 Å². The van der Waals surface area contributed by atoms with Gasteiger partial charge in [0.05, 0.1) is 5.60 Å². The predicted molar refractivity (Wildman–Crippen MR) is 77.3 cm³/mol. The summed E-state index contributed by atoms with van der Waals surface area (Å²) in [5.41, 5.74) is 0.0772. The van der Waals surface area contributed by atoms with Crippen molar-refractivity contribution in [3.05, 3.63) is 0 Å². The molecule has 4 rings (SSSR count). The van der Waals surface area contributed by atoms with E-state index in [9.17, 15) is 4.79 Å². The maximum absolute atomic E-state index is 12.7. The minimum absolute atomic E-state index is 0.0772. The quantitative estimate of drug-likeness (QED) is 0.776. The van der Waals surface area contributed by atoms with Gasteiger partial charge in [-0.1, -0.05) is 6.42 Å². The molecule has 2 heterocycles.